The Hall–Kier alpha value is -1.17. The Kier molecular flexibility index (Phi) is 4.26. The fraction of sp³-hybridized carbons (Fsp3) is 0.389. The van der Waals surface area contributed by atoms with Crippen molar-refractivity contribution in [1.29, 1.82) is 0 Å². The fourth-order valence-electron chi connectivity index (χ4n) is 3.67. The number of hydrogen-bond donors (Lipinski definition) is 2. The molecule has 2 aromatic rings. The minimum atomic E-state index is 0.113. The molecule has 2 heterocycles. The Morgan fingerprint density at radius 1 is 1.35 bits per heavy atom. The maximum absolute atomic E-state index is 12.5. The lowest BCUT2D eigenvalue weighted by Crippen LogP contribution is -3.14. The molecule has 1 aromatic carbocycles. The van der Waals surface area contributed by atoms with Crippen LogP contribution in [0.4, 0.5) is 5.69 Å². The highest BCUT2D eigenvalue weighted by atomic mass is 79.9. The van der Waals surface area contributed by atoms with Crippen LogP contribution in [0.15, 0.2) is 40.2 Å². The first-order chi connectivity index (χ1) is 11.2. The van der Waals surface area contributed by atoms with Crippen molar-refractivity contribution >= 4 is 38.9 Å². The van der Waals surface area contributed by atoms with Gasteiger partial charge in [-0.25, -0.2) is 0 Å². The maximum atomic E-state index is 12.5. The second-order valence-electron chi connectivity index (χ2n) is 6.51. The number of nitrogens with one attached hydrogen (secondary N) is 2. The van der Waals surface area contributed by atoms with Gasteiger partial charge in [-0.2, -0.15) is 0 Å². The van der Waals surface area contributed by atoms with Crippen molar-refractivity contribution in [3.05, 3.63) is 50.6 Å². The van der Waals surface area contributed by atoms with Crippen LogP contribution < -0.4 is 10.2 Å². The van der Waals surface area contributed by atoms with Crippen molar-refractivity contribution in [2.45, 2.75) is 25.3 Å². The molecule has 2 N–H and O–H groups in total. The molecule has 1 unspecified atom stereocenters. The summed E-state index contributed by atoms with van der Waals surface area (Å²) in [5.74, 6) is 0.889. The monoisotopic (exact) mass is 391 g/mol. The zero-order valence-corrected chi connectivity index (χ0v) is 15.3. The number of hydrogen-bond acceptors (Lipinski definition) is 2. The van der Waals surface area contributed by atoms with Gasteiger partial charge >= 0.3 is 0 Å². The zero-order chi connectivity index (χ0) is 15.8. The molecule has 1 amide bonds. The van der Waals surface area contributed by atoms with Crippen LogP contribution in [0.3, 0.4) is 0 Å². The first-order valence-corrected chi connectivity index (χ1v) is 9.84. The second kappa shape index (κ2) is 6.38. The van der Waals surface area contributed by atoms with Crippen molar-refractivity contribution in [3.63, 3.8) is 0 Å². The topological polar surface area (TPSA) is 33.5 Å². The predicted octanol–water partition coefficient (Wildman–Crippen LogP) is 3.04. The summed E-state index contributed by atoms with van der Waals surface area (Å²) in [7, 11) is 0. The minimum absolute atomic E-state index is 0.113. The van der Waals surface area contributed by atoms with Gasteiger partial charge in [0, 0.05) is 32.9 Å². The van der Waals surface area contributed by atoms with E-state index in [0.717, 1.165) is 29.0 Å². The van der Waals surface area contributed by atoms with Crippen molar-refractivity contribution in [2.75, 3.05) is 18.4 Å². The van der Waals surface area contributed by atoms with E-state index in [9.17, 15) is 4.79 Å². The molecular weight excluding hydrogens is 372 g/mol. The summed E-state index contributed by atoms with van der Waals surface area (Å²) in [6, 6.07) is 10.6. The maximum Gasteiger partial charge on any atom is 0.279 e. The first-order valence-electron chi connectivity index (χ1n) is 8.17. The van der Waals surface area contributed by atoms with Gasteiger partial charge in [0.05, 0.1) is 6.54 Å². The van der Waals surface area contributed by atoms with Crippen molar-refractivity contribution in [3.8, 4) is 0 Å². The van der Waals surface area contributed by atoms with Gasteiger partial charge in [0.1, 0.15) is 6.04 Å². The van der Waals surface area contributed by atoms with Crippen LogP contribution in [-0.4, -0.2) is 19.0 Å². The zero-order valence-electron chi connectivity index (χ0n) is 12.8. The number of amides is 1. The van der Waals surface area contributed by atoms with Gasteiger partial charge in [0.15, 0.2) is 6.54 Å². The van der Waals surface area contributed by atoms with Gasteiger partial charge in [0.25, 0.3) is 5.91 Å². The summed E-state index contributed by atoms with van der Waals surface area (Å²) in [6.45, 7) is 1.63. The minimum Gasteiger partial charge on any atom is -0.321 e. The van der Waals surface area contributed by atoms with E-state index in [2.05, 4.69) is 32.7 Å². The Morgan fingerprint density at radius 3 is 3.00 bits per heavy atom. The third-order valence-electron chi connectivity index (χ3n) is 4.82. The van der Waals surface area contributed by atoms with E-state index in [1.54, 1.807) is 0 Å². The molecule has 0 spiro atoms. The summed E-state index contributed by atoms with van der Waals surface area (Å²) in [4.78, 5) is 15.5. The largest absolute Gasteiger partial charge is 0.321 e. The van der Waals surface area contributed by atoms with Gasteiger partial charge in [-0.1, -0.05) is 22.0 Å². The third kappa shape index (κ3) is 3.37. The molecule has 1 aromatic heterocycles. The standard InChI is InChI=1S/C18H19BrN2OS/c19-13-2-1-3-14(10-13)20-17(22)11-21-8-6-16-15(7-9-23-16)18(21)12-4-5-12/h1-3,7,9-10,12,18H,4-6,8,11H2,(H,20,22)/p+1/t18-/m1/s1. The van der Waals surface area contributed by atoms with Crippen LogP contribution in [0.1, 0.15) is 29.3 Å². The van der Waals surface area contributed by atoms with Crippen LogP contribution in [0.5, 0.6) is 0 Å². The summed E-state index contributed by atoms with van der Waals surface area (Å²) < 4.78 is 0.986. The van der Waals surface area contributed by atoms with Crippen LogP contribution in [0, 0.1) is 5.92 Å². The molecule has 1 aliphatic heterocycles. The number of carbonyl (C=O) groups excluding carboxylic acids is 1. The van der Waals surface area contributed by atoms with Crippen molar-refractivity contribution < 1.29 is 9.69 Å². The highest BCUT2D eigenvalue weighted by Gasteiger charge is 2.43. The average molecular weight is 392 g/mol. The lowest BCUT2D eigenvalue weighted by atomic mass is 9.96. The number of fused-ring (bicyclic) bond motifs is 1. The van der Waals surface area contributed by atoms with E-state index >= 15 is 0 Å². The number of thiophene rings is 1. The summed E-state index contributed by atoms with van der Waals surface area (Å²) in [5.41, 5.74) is 2.37. The van der Waals surface area contributed by atoms with E-state index < -0.39 is 0 Å². The van der Waals surface area contributed by atoms with Crippen molar-refractivity contribution in [1.82, 2.24) is 0 Å². The molecule has 120 valence electrons. The van der Waals surface area contributed by atoms with Crippen LogP contribution >= 0.6 is 27.3 Å². The molecular formula is C18H20BrN2OS+. The van der Waals surface area contributed by atoms with Crippen LogP contribution in [0.25, 0.3) is 0 Å². The molecule has 23 heavy (non-hydrogen) atoms. The van der Waals surface area contributed by atoms with E-state index in [-0.39, 0.29) is 5.91 Å². The summed E-state index contributed by atoms with van der Waals surface area (Å²) >= 11 is 5.33. The smallest absolute Gasteiger partial charge is 0.279 e. The summed E-state index contributed by atoms with van der Waals surface area (Å²) in [6.07, 6.45) is 3.74. The number of halogens is 1. The summed E-state index contributed by atoms with van der Waals surface area (Å²) in [5, 5.41) is 5.25. The van der Waals surface area contributed by atoms with Gasteiger partial charge < -0.3 is 10.2 Å². The molecule has 1 aliphatic carbocycles. The Morgan fingerprint density at radius 2 is 2.22 bits per heavy atom. The van der Waals surface area contributed by atoms with Gasteiger partial charge in [-0.3, -0.25) is 4.79 Å². The lowest BCUT2D eigenvalue weighted by Gasteiger charge is -2.32. The highest BCUT2D eigenvalue weighted by molar-refractivity contribution is 9.10. The molecule has 3 nitrogen and oxygen atoms in total. The highest BCUT2D eigenvalue weighted by Crippen LogP contribution is 2.42. The van der Waals surface area contributed by atoms with E-state index in [0.29, 0.717) is 12.6 Å². The molecule has 1 fully saturated rings. The molecule has 2 aliphatic rings. The van der Waals surface area contributed by atoms with Gasteiger partial charge in [0.2, 0.25) is 0 Å². The molecule has 1 saturated carbocycles. The van der Waals surface area contributed by atoms with Crippen molar-refractivity contribution in [2.24, 2.45) is 5.92 Å². The number of rotatable bonds is 4. The Balaban J connectivity index is 1.46. The molecule has 2 atom stereocenters. The number of carbonyl (C=O) groups is 1. The third-order valence-corrected chi connectivity index (χ3v) is 6.31. The molecule has 0 saturated heterocycles. The second-order valence-corrected chi connectivity index (χ2v) is 8.42. The first kappa shape index (κ1) is 15.4. The van der Waals surface area contributed by atoms with Gasteiger partial charge in [-0.15, -0.1) is 11.3 Å². The van der Waals surface area contributed by atoms with E-state index in [1.165, 1.54) is 28.2 Å². The Bertz CT molecular complexity index is 725. The molecule has 0 bridgehead atoms. The normalized spacial score (nSPS) is 23.3. The van der Waals surface area contributed by atoms with Gasteiger partial charge in [-0.05, 0) is 42.5 Å². The predicted molar refractivity (Wildman–Crippen MR) is 97.0 cm³/mol. The molecule has 4 rings (SSSR count). The quantitative estimate of drug-likeness (QED) is 0.824. The fourth-order valence-corrected chi connectivity index (χ4v) is 5.00. The number of anilines is 1. The van der Waals surface area contributed by atoms with Crippen LogP contribution in [-0.2, 0) is 11.2 Å². The number of benzene rings is 1. The van der Waals surface area contributed by atoms with E-state index in [1.807, 2.05) is 35.6 Å². The average Bonchev–Trinajstić information content (AvgIpc) is 3.23. The molecule has 5 heteroatoms. The van der Waals surface area contributed by atoms with E-state index in [4.69, 9.17) is 0 Å². The number of quaternary nitrogens is 1. The van der Waals surface area contributed by atoms with Crippen LogP contribution in [0.2, 0.25) is 0 Å². The SMILES string of the molecule is O=C(C[NH+]1CCc2sccc2[C@H]1C1CC1)Nc1cccc(Br)c1. The molecule has 0 radical (unpaired) electrons. The Labute approximate surface area is 148 Å². The lowest BCUT2D eigenvalue weighted by molar-refractivity contribution is -0.928.